The molecule has 0 saturated heterocycles. The van der Waals surface area contributed by atoms with Crippen LogP contribution in [-0.2, 0) is 11.2 Å². The Morgan fingerprint density at radius 2 is 2.27 bits per heavy atom. The van der Waals surface area contributed by atoms with Crippen LogP contribution in [0.3, 0.4) is 0 Å². The van der Waals surface area contributed by atoms with Gasteiger partial charge in [-0.05, 0) is 27.4 Å². The van der Waals surface area contributed by atoms with E-state index < -0.39 is 0 Å². The van der Waals surface area contributed by atoms with Crippen molar-refractivity contribution in [1.29, 1.82) is 0 Å². The fraction of sp³-hybridized carbons (Fsp3) is 0.636. The molecule has 0 aliphatic rings. The lowest BCUT2D eigenvalue weighted by atomic mass is 9.90. The van der Waals surface area contributed by atoms with Crippen LogP contribution in [0, 0.1) is 0 Å². The van der Waals surface area contributed by atoms with E-state index in [9.17, 15) is 4.79 Å². The summed E-state index contributed by atoms with van der Waals surface area (Å²) in [6.07, 6.45) is 3.10. The average Bonchev–Trinajstić information content (AvgIpc) is 2.68. The zero-order chi connectivity index (χ0) is 11.5. The van der Waals surface area contributed by atoms with Gasteiger partial charge in [0.2, 0.25) is 0 Å². The lowest BCUT2D eigenvalue weighted by Gasteiger charge is -2.33. The number of likely N-dealkylation sites (N-methyl/N-ethyl adjacent to an activating group) is 1. The number of rotatable bonds is 5. The smallest absolute Gasteiger partial charge is 0.157 e. The van der Waals surface area contributed by atoms with Crippen LogP contribution >= 0.6 is 11.3 Å². The molecule has 4 heteroatoms. The van der Waals surface area contributed by atoms with E-state index in [1.165, 1.54) is 11.3 Å². The molecule has 1 rings (SSSR count). The van der Waals surface area contributed by atoms with Gasteiger partial charge < -0.3 is 0 Å². The van der Waals surface area contributed by atoms with Gasteiger partial charge in [0.15, 0.2) is 5.78 Å². The van der Waals surface area contributed by atoms with Gasteiger partial charge in [-0.15, -0.1) is 11.3 Å². The van der Waals surface area contributed by atoms with E-state index in [1.54, 1.807) is 11.7 Å². The number of hydrogen-bond donors (Lipinski definition) is 0. The first-order chi connectivity index (χ1) is 7.00. The molecule has 0 saturated carbocycles. The van der Waals surface area contributed by atoms with Crippen molar-refractivity contribution in [3.8, 4) is 0 Å². The van der Waals surface area contributed by atoms with Gasteiger partial charge in [-0.25, -0.2) is 0 Å². The maximum atomic E-state index is 12.1. The highest BCUT2D eigenvalue weighted by atomic mass is 32.1. The summed E-state index contributed by atoms with van der Waals surface area (Å²) < 4.78 is 0. The number of carbonyl (C=O) groups is 1. The molecule has 1 aromatic rings. The van der Waals surface area contributed by atoms with E-state index in [1.807, 2.05) is 32.8 Å². The monoisotopic (exact) mass is 226 g/mol. The second kappa shape index (κ2) is 4.86. The number of ketones is 1. The normalized spacial score (nSPS) is 15.3. The standard InChI is InChI=1S/C11H18N2OS/c1-5-11(2,13(3)4)10(14)6-9-7-12-8-15-9/h7-8H,5-6H2,1-4H3. The predicted octanol–water partition coefficient (Wildman–Crippen LogP) is 1.99. The molecular formula is C11H18N2OS. The molecular weight excluding hydrogens is 208 g/mol. The Balaban J connectivity index is 2.74. The van der Waals surface area contributed by atoms with E-state index in [0.717, 1.165) is 11.3 Å². The highest BCUT2D eigenvalue weighted by molar-refractivity contribution is 7.09. The summed E-state index contributed by atoms with van der Waals surface area (Å²) in [6.45, 7) is 4.04. The van der Waals surface area contributed by atoms with Crippen molar-refractivity contribution in [2.75, 3.05) is 14.1 Å². The number of hydrogen-bond acceptors (Lipinski definition) is 4. The van der Waals surface area contributed by atoms with Gasteiger partial charge in [0, 0.05) is 17.5 Å². The fourth-order valence-corrected chi connectivity index (χ4v) is 2.03. The number of nitrogens with zero attached hydrogens (tertiary/aromatic N) is 2. The zero-order valence-electron chi connectivity index (χ0n) is 9.78. The number of thiazole rings is 1. The van der Waals surface area contributed by atoms with E-state index >= 15 is 0 Å². The second-order valence-corrected chi connectivity index (χ2v) is 5.06. The highest BCUT2D eigenvalue weighted by Crippen LogP contribution is 2.20. The molecule has 0 aliphatic heterocycles. The molecule has 1 heterocycles. The molecule has 0 fully saturated rings. The molecule has 0 N–H and O–H groups in total. The molecule has 3 nitrogen and oxygen atoms in total. The van der Waals surface area contributed by atoms with Crippen LogP contribution in [0.15, 0.2) is 11.7 Å². The van der Waals surface area contributed by atoms with E-state index in [4.69, 9.17) is 0 Å². The Labute approximate surface area is 95.1 Å². The fourth-order valence-electron chi connectivity index (χ4n) is 1.44. The molecule has 0 aliphatic carbocycles. The first-order valence-corrected chi connectivity index (χ1v) is 5.96. The van der Waals surface area contributed by atoms with Crippen LogP contribution in [0.25, 0.3) is 0 Å². The van der Waals surface area contributed by atoms with Crippen LogP contribution in [0.4, 0.5) is 0 Å². The van der Waals surface area contributed by atoms with Crippen LogP contribution in [-0.4, -0.2) is 35.3 Å². The van der Waals surface area contributed by atoms with Crippen molar-refractivity contribution in [2.24, 2.45) is 0 Å². The first-order valence-electron chi connectivity index (χ1n) is 5.08. The Hall–Kier alpha value is -0.740. The van der Waals surface area contributed by atoms with Gasteiger partial charge in [-0.1, -0.05) is 6.92 Å². The third kappa shape index (κ3) is 2.63. The Bertz CT molecular complexity index is 321. The molecule has 1 aromatic heterocycles. The summed E-state index contributed by atoms with van der Waals surface area (Å²) in [4.78, 5) is 19.2. The summed E-state index contributed by atoms with van der Waals surface area (Å²) in [5, 5.41) is 0. The number of aromatic nitrogens is 1. The summed E-state index contributed by atoms with van der Waals surface area (Å²) in [6, 6.07) is 0. The molecule has 84 valence electrons. The maximum absolute atomic E-state index is 12.1. The molecule has 0 bridgehead atoms. The minimum absolute atomic E-state index is 0.263. The molecule has 0 spiro atoms. The van der Waals surface area contributed by atoms with Crippen LogP contribution in [0.5, 0.6) is 0 Å². The Morgan fingerprint density at radius 3 is 2.67 bits per heavy atom. The molecule has 0 amide bonds. The Morgan fingerprint density at radius 1 is 1.60 bits per heavy atom. The van der Waals surface area contributed by atoms with Crippen molar-refractivity contribution < 1.29 is 4.79 Å². The van der Waals surface area contributed by atoms with Crippen LogP contribution in [0.1, 0.15) is 25.1 Å². The van der Waals surface area contributed by atoms with Crippen LogP contribution in [0.2, 0.25) is 0 Å². The quantitative estimate of drug-likeness (QED) is 0.770. The molecule has 0 radical (unpaired) electrons. The largest absolute Gasteiger partial charge is 0.297 e. The lowest BCUT2D eigenvalue weighted by molar-refractivity contribution is -0.128. The third-order valence-corrected chi connectivity index (χ3v) is 3.87. The van der Waals surface area contributed by atoms with Gasteiger partial charge in [0.25, 0.3) is 0 Å². The van der Waals surface area contributed by atoms with Crippen molar-refractivity contribution in [1.82, 2.24) is 9.88 Å². The van der Waals surface area contributed by atoms with Gasteiger partial charge >= 0.3 is 0 Å². The second-order valence-electron chi connectivity index (χ2n) is 4.09. The predicted molar refractivity (Wildman–Crippen MR) is 63.2 cm³/mol. The van der Waals surface area contributed by atoms with Crippen molar-refractivity contribution >= 4 is 17.1 Å². The zero-order valence-corrected chi connectivity index (χ0v) is 10.6. The number of Topliss-reactive ketones (excluding diaryl/α,β-unsaturated/α-hetero) is 1. The lowest BCUT2D eigenvalue weighted by Crippen LogP contribution is -2.48. The molecule has 1 atom stereocenters. The third-order valence-electron chi connectivity index (χ3n) is 3.09. The minimum Gasteiger partial charge on any atom is -0.297 e. The van der Waals surface area contributed by atoms with E-state index in [2.05, 4.69) is 4.98 Å². The van der Waals surface area contributed by atoms with E-state index in [-0.39, 0.29) is 11.3 Å². The topological polar surface area (TPSA) is 33.2 Å². The van der Waals surface area contributed by atoms with Crippen molar-refractivity contribution in [2.45, 2.75) is 32.2 Å². The maximum Gasteiger partial charge on any atom is 0.157 e. The Kier molecular flexibility index (Phi) is 3.99. The molecule has 15 heavy (non-hydrogen) atoms. The summed E-state index contributed by atoms with van der Waals surface area (Å²) >= 11 is 1.54. The number of carbonyl (C=O) groups excluding carboxylic acids is 1. The molecule has 1 unspecified atom stereocenters. The average molecular weight is 226 g/mol. The molecule has 0 aromatic carbocycles. The highest BCUT2D eigenvalue weighted by Gasteiger charge is 2.33. The SMILES string of the molecule is CCC(C)(C(=O)Cc1cncs1)N(C)C. The van der Waals surface area contributed by atoms with Crippen LogP contribution < -0.4 is 0 Å². The van der Waals surface area contributed by atoms with Gasteiger partial charge in [-0.3, -0.25) is 14.7 Å². The van der Waals surface area contributed by atoms with E-state index in [0.29, 0.717) is 6.42 Å². The van der Waals surface area contributed by atoms with Gasteiger partial charge in [-0.2, -0.15) is 0 Å². The first kappa shape index (κ1) is 12.3. The summed E-state index contributed by atoms with van der Waals surface area (Å²) in [5.74, 6) is 0.263. The summed E-state index contributed by atoms with van der Waals surface area (Å²) in [5.41, 5.74) is 1.41. The van der Waals surface area contributed by atoms with Gasteiger partial charge in [0.1, 0.15) is 0 Å². The van der Waals surface area contributed by atoms with Gasteiger partial charge in [0.05, 0.1) is 11.0 Å². The van der Waals surface area contributed by atoms with Crippen molar-refractivity contribution in [3.63, 3.8) is 0 Å². The minimum atomic E-state index is -0.357. The van der Waals surface area contributed by atoms with Crippen molar-refractivity contribution in [3.05, 3.63) is 16.6 Å². The summed E-state index contributed by atoms with van der Waals surface area (Å²) in [7, 11) is 3.90.